The number of aromatic nitrogens is 1. The smallest absolute Gasteiger partial charge is 0.0541 e. The fourth-order valence-electron chi connectivity index (χ4n) is 3.69. The second-order valence-electron chi connectivity index (χ2n) is 6.77. The third-order valence-corrected chi connectivity index (χ3v) is 5.03. The van der Waals surface area contributed by atoms with Gasteiger partial charge in [-0.3, -0.25) is 4.98 Å². The summed E-state index contributed by atoms with van der Waals surface area (Å²) in [4.78, 5) is 4.32. The predicted molar refractivity (Wildman–Crippen MR) is 96.1 cm³/mol. The largest absolute Gasteiger partial charge is 0.314 e. The number of unbranched alkanes of at least 4 members (excludes halogenated alkanes) is 1. The van der Waals surface area contributed by atoms with Gasteiger partial charge in [-0.1, -0.05) is 30.4 Å². The van der Waals surface area contributed by atoms with Crippen molar-refractivity contribution < 1.29 is 0 Å². The highest BCUT2D eigenvalue weighted by Gasteiger charge is 2.27. The maximum absolute atomic E-state index is 4.32. The van der Waals surface area contributed by atoms with Crippen molar-refractivity contribution in [2.24, 2.45) is 11.8 Å². The van der Waals surface area contributed by atoms with Crippen LogP contribution in [0.25, 0.3) is 0 Å². The number of allylic oxidation sites excluding steroid dienone is 4. The van der Waals surface area contributed by atoms with Gasteiger partial charge in [-0.05, 0) is 69.2 Å². The van der Waals surface area contributed by atoms with E-state index in [0.717, 1.165) is 37.2 Å². The number of hydrogen-bond acceptors (Lipinski definition) is 3. The number of nitrogens with zero attached hydrogens (tertiary/aromatic N) is 1. The molecule has 3 rings (SSSR count). The van der Waals surface area contributed by atoms with E-state index in [9.17, 15) is 0 Å². The van der Waals surface area contributed by atoms with Crippen molar-refractivity contribution in [1.29, 1.82) is 0 Å². The Balaban J connectivity index is 1.22. The Morgan fingerprint density at radius 2 is 1.87 bits per heavy atom. The monoisotopic (exact) mass is 311 g/mol. The molecule has 0 aliphatic heterocycles. The van der Waals surface area contributed by atoms with Crippen LogP contribution >= 0.6 is 0 Å². The first-order valence-corrected chi connectivity index (χ1v) is 9.11. The number of nitrogens with one attached hydrogen (secondary N) is 2. The van der Waals surface area contributed by atoms with Gasteiger partial charge in [0.25, 0.3) is 0 Å². The molecule has 23 heavy (non-hydrogen) atoms. The summed E-state index contributed by atoms with van der Waals surface area (Å²) in [6.07, 6.45) is 17.5. The van der Waals surface area contributed by atoms with Gasteiger partial charge in [-0.25, -0.2) is 0 Å². The van der Waals surface area contributed by atoms with Crippen LogP contribution < -0.4 is 10.6 Å². The van der Waals surface area contributed by atoms with Gasteiger partial charge in [0, 0.05) is 18.8 Å². The zero-order chi connectivity index (χ0) is 15.7. The van der Waals surface area contributed by atoms with Crippen LogP contribution in [0.3, 0.4) is 0 Å². The van der Waals surface area contributed by atoms with Crippen molar-refractivity contribution in [1.82, 2.24) is 15.6 Å². The van der Waals surface area contributed by atoms with Crippen LogP contribution in [0, 0.1) is 11.8 Å². The first-order chi connectivity index (χ1) is 11.4. The highest BCUT2D eigenvalue weighted by molar-refractivity contribution is 5.15. The van der Waals surface area contributed by atoms with E-state index >= 15 is 0 Å². The Bertz CT molecular complexity index is 509. The average molecular weight is 311 g/mol. The van der Waals surface area contributed by atoms with Crippen molar-refractivity contribution in [3.8, 4) is 0 Å². The van der Waals surface area contributed by atoms with Crippen molar-refractivity contribution in [2.45, 2.75) is 44.7 Å². The van der Waals surface area contributed by atoms with Gasteiger partial charge in [0.05, 0.1) is 5.69 Å². The molecule has 124 valence electrons. The third kappa shape index (κ3) is 5.29. The van der Waals surface area contributed by atoms with Crippen LogP contribution in [0.1, 0.15) is 37.8 Å². The summed E-state index contributed by atoms with van der Waals surface area (Å²) in [5.41, 5.74) is 1.12. The Hall–Kier alpha value is -1.45. The van der Waals surface area contributed by atoms with Gasteiger partial charge in [0.1, 0.15) is 0 Å². The second-order valence-corrected chi connectivity index (χ2v) is 6.77. The molecule has 0 amide bonds. The Morgan fingerprint density at radius 1 is 1.00 bits per heavy atom. The SMILES string of the molecule is C1=CC2CCC(NCCCCNCc3ccccn3)CC2C=C1. The molecule has 0 saturated heterocycles. The van der Waals surface area contributed by atoms with E-state index in [1.165, 1.54) is 32.1 Å². The van der Waals surface area contributed by atoms with Gasteiger partial charge in [0.2, 0.25) is 0 Å². The van der Waals surface area contributed by atoms with Crippen LogP contribution in [-0.4, -0.2) is 24.1 Å². The highest BCUT2D eigenvalue weighted by Crippen LogP contribution is 2.34. The molecular weight excluding hydrogens is 282 g/mol. The van der Waals surface area contributed by atoms with E-state index in [1.54, 1.807) is 0 Å². The molecule has 1 saturated carbocycles. The van der Waals surface area contributed by atoms with Crippen molar-refractivity contribution >= 4 is 0 Å². The molecule has 2 aliphatic carbocycles. The van der Waals surface area contributed by atoms with Crippen molar-refractivity contribution in [3.63, 3.8) is 0 Å². The van der Waals surface area contributed by atoms with Crippen molar-refractivity contribution in [2.75, 3.05) is 13.1 Å². The number of rotatable bonds is 8. The summed E-state index contributed by atoms with van der Waals surface area (Å²) in [6.45, 7) is 3.09. The predicted octanol–water partition coefficient (Wildman–Crippen LogP) is 3.45. The summed E-state index contributed by atoms with van der Waals surface area (Å²) in [7, 11) is 0. The molecule has 2 aliphatic rings. The molecular formula is C20H29N3. The lowest BCUT2D eigenvalue weighted by atomic mass is 9.75. The summed E-state index contributed by atoms with van der Waals surface area (Å²) < 4.78 is 0. The van der Waals surface area contributed by atoms with Gasteiger partial charge >= 0.3 is 0 Å². The quantitative estimate of drug-likeness (QED) is 0.722. The number of fused-ring (bicyclic) bond motifs is 1. The van der Waals surface area contributed by atoms with Crippen LogP contribution in [-0.2, 0) is 6.54 Å². The molecule has 3 atom stereocenters. The molecule has 2 N–H and O–H groups in total. The molecule has 3 unspecified atom stereocenters. The molecule has 0 aromatic carbocycles. The minimum Gasteiger partial charge on any atom is -0.314 e. The third-order valence-electron chi connectivity index (χ3n) is 5.03. The topological polar surface area (TPSA) is 37.0 Å². The first-order valence-electron chi connectivity index (χ1n) is 9.11. The van der Waals surface area contributed by atoms with E-state index in [1.807, 2.05) is 18.3 Å². The average Bonchev–Trinajstić information content (AvgIpc) is 2.61. The van der Waals surface area contributed by atoms with Crippen molar-refractivity contribution in [3.05, 3.63) is 54.4 Å². The summed E-state index contributed by atoms with van der Waals surface area (Å²) in [6, 6.07) is 6.79. The van der Waals surface area contributed by atoms with E-state index in [-0.39, 0.29) is 0 Å². The highest BCUT2D eigenvalue weighted by atomic mass is 14.9. The second kappa shape index (κ2) is 8.99. The van der Waals surface area contributed by atoms with E-state index in [4.69, 9.17) is 0 Å². The standard InChI is InChI=1S/C20H29N3/c1-2-8-18-15-19(11-10-17(18)7-1)22-14-6-5-12-21-16-20-9-3-4-13-23-20/h1-4,7-9,13,17-19,21-22H,5-6,10-12,14-16H2. The molecule has 0 spiro atoms. The maximum atomic E-state index is 4.32. The minimum atomic E-state index is 0.717. The zero-order valence-electron chi connectivity index (χ0n) is 14.0. The fraction of sp³-hybridized carbons (Fsp3) is 0.550. The van der Waals surface area contributed by atoms with Gasteiger partial charge in [-0.15, -0.1) is 0 Å². The molecule has 1 heterocycles. The van der Waals surface area contributed by atoms with Gasteiger partial charge in [0.15, 0.2) is 0 Å². The molecule has 0 bridgehead atoms. The summed E-state index contributed by atoms with van der Waals surface area (Å²) in [5.74, 6) is 1.57. The Labute approximate surface area is 140 Å². The van der Waals surface area contributed by atoms with E-state index < -0.39 is 0 Å². The van der Waals surface area contributed by atoms with Gasteiger partial charge in [-0.2, -0.15) is 0 Å². The summed E-state index contributed by atoms with van der Waals surface area (Å²) >= 11 is 0. The minimum absolute atomic E-state index is 0.717. The normalized spacial score (nSPS) is 26.2. The molecule has 1 aromatic rings. The van der Waals surface area contributed by atoms with Crippen LogP contribution in [0.15, 0.2) is 48.7 Å². The number of pyridine rings is 1. The van der Waals surface area contributed by atoms with E-state index in [2.05, 4.69) is 46.0 Å². The molecule has 3 heteroatoms. The van der Waals surface area contributed by atoms with Crippen LogP contribution in [0.4, 0.5) is 0 Å². The zero-order valence-corrected chi connectivity index (χ0v) is 14.0. The van der Waals surface area contributed by atoms with Crippen LogP contribution in [0.5, 0.6) is 0 Å². The molecule has 0 radical (unpaired) electrons. The maximum Gasteiger partial charge on any atom is 0.0541 e. The van der Waals surface area contributed by atoms with E-state index in [0.29, 0.717) is 6.04 Å². The lowest BCUT2D eigenvalue weighted by Crippen LogP contribution is -2.37. The number of hydrogen-bond donors (Lipinski definition) is 2. The van der Waals surface area contributed by atoms with Gasteiger partial charge < -0.3 is 10.6 Å². The summed E-state index contributed by atoms with van der Waals surface area (Å²) in [5, 5.41) is 7.24. The Kier molecular flexibility index (Phi) is 6.42. The lowest BCUT2D eigenvalue weighted by molar-refractivity contribution is 0.268. The first kappa shape index (κ1) is 16.4. The molecule has 3 nitrogen and oxygen atoms in total. The molecule has 1 aromatic heterocycles. The van der Waals surface area contributed by atoms with Crippen LogP contribution in [0.2, 0.25) is 0 Å². The molecule has 1 fully saturated rings. The lowest BCUT2D eigenvalue weighted by Gasteiger charge is -2.34. The fourth-order valence-corrected chi connectivity index (χ4v) is 3.69. The Morgan fingerprint density at radius 3 is 2.74 bits per heavy atom.